The molecule has 2 aromatic heterocycles. The van der Waals surface area contributed by atoms with E-state index in [-0.39, 0.29) is 11.6 Å². The van der Waals surface area contributed by atoms with Crippen LogP contribution in [-0.4, -0.2) is 25.6 Å². The lowest BCUT2D eigenvalue weighted by molar-refractivity contribution is 0.470. The van der Waals surface area contributed by atoms with Gasteiger partial charge in [0.15, 0.2) is 0 Å². The van der Waals surface area contributed by atoms with Gasteiger partial charge in [0, 0.05) is 24.3 Å². The Bertz CT molecular complexity index is 644. The van der Waals surface area contributed by atoms with Gasteiger partial charge in [0.05, 0.1) is 24.1 Å². The molecule has 2 rings (SSSR count). The maximum absolute atomic E-state index is 12.0. The fraction of sp³-hybridized carbons (Fsp3) is 0.533. The van der Waals surface area contributed by atoms with Gasteiger partial charge >= 0.3 is 0 Å². The van der Waals surface area contributed by atoms with E-state index in [4.69, 9.17) is 0 Å². The van der Waals surface area contributed by atoms with Crippen LogP contribution in [0.4, 0.5) is 5.69 Å². The van der Waals surface area contributed by atoms with Crippen LogP contribution in [0.1, 0.15) is 45.9 Å². The smallest absolute Gasteiger partial charge is 0.269 e. The van der Waals surface area contributed by atoms with Crippen molar-refractivity contribution in [3.63, 3.8) is 0 Å². The average Bonchev–Trinajstić information content (AvgIpc) is 2.89. The first-order valence-electron chi connectivity index (χ1n) is 7.37. The van der Waals surface area contributed by atoms with Crippen LogP contribution in [0.5, 0.6) is 0 Å². The van der Waals surface area contributed by atoms with Crippen molar-refractivity contribution in [1.29, 1.82) is 0 Å². The number of hydrogen-bond acceptors (Lipinski definition) is 4. The molecule has 1 atom stereocenters. The number of nitrogens with zero attached hydrogens (tertiary/aromatic N) is 4. The molecule has 6 nitrogen and oxygen atoms in total. The minimum atomic E-state index is -0.126. The van der Waals surface area contributed by atoms with Gasteiger partial charge in [-0.3, -0.25) is 9.48 Å². The molecule has 0 aromatic carbocycles. The van der Waals surface area contributed by atoms with E-state index >= 15 is 0 Å². The van der Waals surface area contributed by atoms with Gasteiger partial charge < -0.3 is 5.32 Å². The van der Waals surface area contributed by atoms with Crippen molar-refractivity contribution in [1.82, 2.24) is 19.6 Å². The van der Waals surface area contributed by atoms with Crippen molar-refractivity contribution in [2.75, 3.05) is 5.32 Å². The van der Waals surface area contributed by atoms with Crippen molar-refractivity contribution < 1.29 is 0 Å². The molecule has 21 heavy (non-hydrogen) atoms. The third-order valence-electron chi connectivity index (χ3n) is 3.34. The zero-order valence-electron chi connectivity index (χ0n) is 13.1. The SMILES string of the molecule is CCC(C)n1ccc(Cn2ncc(NC(C)C)cc2=O)n1. The van der Waals surface area contributed by atoms with Gasteiger partial charge in [-0.2, -0.15) is 10.2 Å². The van der Waals surface area contributed by atoms with Gasteiger partial charge in [0.2, 0.25) is 0 Å². The highest BCUT2D eigenvalue weighted by molar-refractivity contribution is 5.39. The molecule has 6 heteroatoms. The molecule has 0 amide bonds. The van der Waals surface area contributed by atoms with Crippen LogP contribution in [-0.2, 0) is 6.54 Å². The van der Waals surface area contributed by atoms with Gasteiger partial charge in [-0.1, -0.05) is 6.92 Å². The van der Waals surface area contributed by atoms with Crippen molar-refractivity contribution >= 4 is 5.69 Å². The zero-order chi connectivity index (χ0) is 15.4. The second-order valence-electron chi connectivity index (χ2n) is 5.58. The van der Waals surface area contributed by atoms with Gasteiger partial charge in [-0.05, 0) is 33.3 Å². The number of hydrogen-bond donors (Lipinski definition) is 1. The molecule has 114 valence electrons. The lowest BCUT2D eigenvalue weighted by Crippen LogP contribution is -2.24. The molecule has 0 saturated heterocycles. The van der Waals surface area contributed by atoms with Crippen molar-refractivity contribution in [2.24, 2.45) is 0 Å². The van der Waals surface area contributed by atoms with E-state index in [0.717, 1.165) is 17.8 Å². The number of nitrogens with one attached hydrogen (secondary N) is 1. The summed E-state index contributed by atoms with van der Waals surface area (Å²) in [5, 5.41) is 11.9. The average molecular weight is 289 g/mol. The van der Waals surface area contributed by atoms with Crippen LogP contribution in [0.25, 0.3) is 0 Å². The summed E-state index contributed by atoms with van der Waals surface area (Å²) in [7, 11) is 0. The van der Waals surface area contributed by atoms with Crippen LogP contribution in [0.3, 0.4) is 0 Å². The van der Waals surface area contributed by atoms with Gasteiger partial charge in [0.25, 0.3) is 5.56 Å². The molecular formula is C15H23N5O. The molecule has 1 N–H and O–H groups in total. The molecule has 0 aliphatic carbocycles. The van der Waals surface area contributed by atoms with Crippen LogP contribution in [0.15, 0.2) is 29.3 Å². The van der Waals surface area contributed by atoms with Crippen LogP contribution in [0.2, 0.25) is 0 Å². The van der Waals surface area contributed by atoms with E-state index in [1.807, 2.05) is 30.8 Å². The maximum atomic E-state index is 12.0. The number of anilines is 1. The summed E-state index contributed by atoms with van der Waals surface area (Å²) in [4.78, 5) is 12.0. The molecular weight excluding hydrogens is 266 g/mol. The highest BCUT2D eigenvalue weighted by Gasteiger charge is 2.07. The Balaban J connectivity index is 2.13. The lowest BCUT2D eigenvalue weighted by atomic mass is 10.3. The molecule has 0 saturated carbocycles. The summed E-state index contributed by atoms with van der Waals surface area (Å²) < 4.78 is 3.35. The molecule has 0 fully saturated rings. The minimum absolute atomic E-state index is 0.126. The Hall–Kier alpha value is -2.11. The standard InChI is InChI=1S/C15H23N5O/c1-5-12(4)19-7-6-13(18-19)10-20-15(21)8-14(9-16-20)17-11(2)3/h6-9,11-12,17H,5,10H2,1-4H3. The Kier molecular flexibility index (Phi) is 4.77. The predicted octanol–water partition coefficient (Wildman–Crippen LogP) is 2.28. The van der Waals surface area contributed by atoms with E-state index in [2.05, 4.69) is 29.4 Å². The van der Waals surface area contributed by atoms with E-state index in [1.54, 1.807) is 12.3 Å². The fourth-order valence-electron chi connectivity index (χ4n) is 2.01. The molecule has 1 unspecified atom stereocenters. The summed E-state index contributed by atoms with van der Waals surface area (Å²) in [5.74, 6) is 0. The lowest BCUT2D eigenvalue weighted by Gasteiger charge is -2.10. The van der Waals surface area contributed by atoms with E-state index in [0.29, 0.717) is 12.6 Å². The monoisotopic (exact) mass is 289 g/mol. The fourth-order valence-corrected chi connectivity index (χ4v) is 2.01. The third kappa shape index (κ3) is 3.93. The van der Waals surface area contributed by atoms with E-state index in [1.165, 1.54) is 4.68 Å². The highest BCUT2D eigenvalue weighted by Crippen LogP contribution is 2.09. The summed E-state index contributed by atoms with van der Waals surface area (Å²) in [6, 6.07) is 4.13. The first kappa shape index (κ1) is 15.3. The molecule has 0 bridgehead atoms. The second-order valence-corrected chi connectivity index (χ2v) is 5.58. The molecule has 0 spiro atoms. The summed E-state index contributed by atoms with van der Waals surface area (Å²) in [5.41, 5.74) is 1.46. The van der Waals surface area contributed by atoms with E-state index < -0.39 is 0 Å². The van der Waals surface area contributed by atoms with E-state index in [9.17, 15) is 4.79 Å². The minimum Gasteiger partial charge on any atom is -0.381 e. The zero-order valence-corrected chi connectivity index (χ0v) is 13.1. The van der Waals surface area contributed by atoms with Gasteiger partial charge in [-0.25, -0.2) is 4.68 Å². The molecule has 0 aliphatic rings. The van der Waals surface area contributed by atoms with Crippen LogP contribution < -0.4 is 10.9 Å². The van der Waals surface area contributed by atoms with Gasteiger partial charge in [-0.15, -0.1) is 0 Å². The third-order valence-corrected chi connectivity index (χ3v) is 3.34. The Morgan fingerprint density at radius 3 is 2.71 bits per heavy atom. The predicted molar refractivity (Wildman–Crippen MR) is 83.6 cm³/mol. The molecule has 2 heterocycles. The largest absolute Gasteiger partial charge is 0.381 e. The highest BCUT2D eigenvalue weighted by atomic mass is 16.1. The molecule has 0 radical (unpaired) electrons. The second kappa shape index (κ2) is 6.56. The first-order valence-corrected chi connectivity index (χ1v) is 7.37. The van der Waals surface area contributed by atoms with Crippen molar-refractivity contribution in [3.05, 3.63) is 40.6 Å². The topological polar surface area (TPSA) is 64.7 Å². The van der Waals surface area contributed by atoms with Gasteiger partial charge in [0.1, 0.15) is 0 Å². The Morgan fingerprint density at radius 1 is 1.33 bits per heavy atom. The Morgan fingerprint density at radius 2 is 2.10 bits per heavy atom. The van der Waals surface area contributed by atoms with Crippen LogP contribution in [0, 0.1) is 0 Å². The quantitative estimate of drug-likeness (QED) is 0.886. The Labute approximate surface area is 124 Å². The van der Waals surface area contributed by atoms with Crippen molar-refractivity contribution in [2.45, 2.75) is 52.7 Å². The summed E-state index contributed by atoms with van der Waals surface area (Å²) >= 11 is 0. The molecule has 2 aromatic rings. The van der Waals surface area contributed by atoms with Crippen molar-refractivity contribution in [3.8, 4) is 0 Å². The normalized spacial score (nSPS) is 12.6. The van der Waals surface area contributed by atoms with Crippen LogP contribution >= 0.6 is 0 Å². The first-order chi connectivity index (χ1) is 9.99. The summed E-state index contributed by atoms with van der Waals surface area (Å²) in [6.07, 6.45) is 4.64. The summed E-state index contributed by atoms with van der Waals surface area (Å²) in [6.45, 7) is 8.68. The number of rotatable bonds is 6. The maximum Gasteiger partial charge on any atom is 0.269 e. The molecule has 0 aliphatic heterocycles. The number of aromatic nitrogens is 4.